The van der Waals surface area contributed by atoms with E-state index in [1.807, 2.05) is 0 Å². The van der Waals surface area contributed by atoms with Crippen molar-refractivity contribution in [3.63, 3.8) is 0 Å². The van der Waals surface area contributed by atoms with Crippen LogP contribution >= 0.6 is 39.1 Å². The number of nitrogens with two attached hydrogens (primary N) is 1. The lowest BCUT2D eigenvalue weighted by Crippen LogP contribution is -2.13. The van der Waals surface area contributed by atoms with Crippen LogP contribution in [0.2, 0.25) is 10.0 Å². The van der Waals surface area contributed by atoms with Crippen LogP contribution in [-0.2, 0) is 10.0 Å². The zero-order chi connectivity index (χ0) is 14.9. The minimum atomic E-state index is -3.81. The molecule has 0 aliphatic carbocycles. The van der Waals surface area contributed by atoms with Crippen molar-refractivity contribution in [2.24, 2.45) is 0 Å². The highest BCUT2D eigenvalue weighted by Crippen LogP contribution is 2.27. The van der Waals surface area contributed by atoms with Gasteiger partial charge >= 0.3 is 0 Å². The van der Waals surface area contributed by atoms with Crippen molar-refractivity contribution >= 4 is 60.7 Å². The van der Waals surface area contributed by atoms with Gasteiger partial charge in [0.1, 0.15) is 10.7 Å². The summed E-state index contributed by atoms with van der Waals surface area (Å²) in [6.07, 6.45) is 1.13. The fraction of sp³-hybridized carbons (Fsp3) is 0. The molecule has 0 fully saturated rings. The number of nitrogens with one attached hydrogen (secondary N) is 1. The van der Waals surface area contributed by atoms with E-state index in [0.29, 0.717) is 15.2 Å². The third-order valence-electron chi connectivity index (χ3n) is 2.33. The first kappa shape index (κ1) is 15.4. The van der Waals surface area contributed by atoms with Gasteiger partial charge in [-0.15, -0.1) is 0 Å². The summed E-state index contributed by atoms with van der Waals surface area (Å²) in [5.41, 5.74) is 5.77. The first-order valence-corrected chi connectivity index (χ1v) is 8.22. The first-order chi connectivity index (χ1) is 9.29. The molecule has 2 rings (SSSR count). The molecular formula is C11H8BrCl2N3O2S. The Morgan fingerprint density at radius 3 is 2.50 bits per heavy atom. The molecule has 0 amide bonds. The Kier molecular flexibility index (Phi) is 4.43. The maximum Gasteiger partial charge on any atom is 0.263 e. The van der Waals surface area contributed by atoms with E-state index in [9.17, 15) is 8.42 Å². The minimum absolute atomic E-state index is 0.0669. The Hall–Kier alpha value is -1.02. The number of pyridine rings is 1. The number of sulfonamides is 1. The number of halogens is 3. The Bertz CT molecular complexity index is 768. The molecule has 5 nitrogen and oxygen atoms in total. The number of benzene rings is 1. The highest BCUT2D eigenvalue weighted by Gasteiger charge is 2.16. The van der Waals surface area contributed by atoms with Crippen LogP contribution in [0.3, 0.4) is 0 Å². The molecule has 1 aromatic carbocycles. The molecule has 3 N–H and O–H groups in total. The van der Waals surface area contributed by atoms with Crippen molar-refractivity contribution in [2.45, 2.75) is 4.90 Å². The SMILES string of the molecule is Nc1ncc(S(=O)(=O)Nc2ccc(Br)c(Cl)c2)cc1Cl. The Morgan fingerprint density at radius 2 is 1.90 bits per heavy atom. The second-order valence-electron chi connectivity index (χ2n) is 3.77. The maximum absolute atomic E-state index is 12.2. The van der Waals surface area contributed by atoms with Crippen LogP contribution in [0.4, 0.5) is 11.5 Å². The van der Waals surface area contributed by atoms with E-state index < -0.39 is 10.0 Å². The van der Waals surface area contributed by atoms with Crippen molar-refractivity contribution in [3.8, 4) is 0 Å². The highest BCUT2D eigenvalue weighted by atomic mass is 79.9. The summed E-state index contributed by atoms with van der Waals surface area (Å²) in [7, 11) is -3.81. The molecule has 0 saturated carbocycles. The number of rotatable bonds is 3. The molecule has 0 aliphatic rings. The van der Waals surface area contributed by atoms with Crippen LogP contribution in [-0.4, -0.2) is 13.4 Å². The number of hydrogen-bond acceptors (Lipinski definition) is 4. The van der Waals surface area contributed by atoms with Gasteiger partial charge in [-0.05, 0) is 40.2 Å². The molecule has 106 valence electrons. The van der Waals surface area contributed by atoms with Gasteiger partial charge in [0.25, 0.3) is 10.0 Å². The number of anilines is 2. The molecule has 0 bridgehead atoms. The fourth-order valence-corrected chi connectivity index (χ4v) is 3.03. The molecular weight excluding hydrogens is 389 g/mol. The minimum Gasteiger partial charge on any atom is -0.382 e. The van der Waals surface area contributed by atoms with Gasteiger partial charge in [-0.2, -0.15) is 0 Å². The largest absolute Gasteiger partial charge is 0.382 e. The molecule has 0 unspecified atom stereocenters. The summed E-state index contributed by atoms with van der Waals surface area (Å²) in [6.45, 7) is 0. The van der Waals surface area contributed by atoms with Crippen LogP contribution < -0.4 is 10.5 Å². The van der Waals surface area contributed by atoms with Crippen LogP contribution in [0.1, 0.15) is 0 Å². The summed E-state index contributed by atoms with van der Waals surface area (Å²) in [4.78, 5) is 3.62. The van der Waals surface area contributed by atoms with Gasteiger partial charge in [-0.3, -0.25) is 4.72 Å². The van der Waals surface area contributed by atoms with Crippen molar-refractivity contribution < 1.29 is 8.42 Å². The van der Waals surface area contributed by atoms with Crippen LogP contribution in [0.5, 0.6) is 0 Å². The summed E-state index contributed by atoms with van der Waals surface area (Å²) < 4.78 is 27.4. The quantitative estimate of drug-likeness (QED) is 0.830. The molecule has 0 aliphatic heterocycles. The third-order valence-corrected chi connectivity index (χ3v) is 5.21. The highest BCUT2D eigenvalue weighted by molar-refractivity contribution is 9.10. The molecule has 0 saturated heterocycles. The van der Waals surface area contributed by atoms with Gasteiger partial charge in [-0.25, -0.2) is 13.4 Å². The summed E-state index contributed by atoms with van der Waals surface area (Å²) in [6, 6.07) is 5.91. The van der Waals surface area contributed by atoms with Gasteiger partial charge in [0, 0.05) is 10.7 Å². The van der Waals surface area contributed by atoms with Crippen LogP contribution in [0.15, 0.2) is 39.8 Å². The van der Waals surface area contributed by atoms with Crippen molar-refractivity contribution in [3.05, 3.63) is 45.0 Å². The Labute approximate surface area is 134 Å². The lowest BCUT2D eigenvalue weighted by molar-refractivity contribution is 0.601. The summed E-state index contributed by atoms with van der Waals surface area (Å²) >= 11 is 14.9. The molecule has 0 spiro atoms. The van der Waals surface area contributed by atoms with Gasteiger partial charge in [0.2, 0.25) is 0 Å². The van der Waals surface area contributed by atoms with E-state index in [2.05, 4.69) is 25.6 Å². The van der Waals surface area contributed by atoms with E-state index in [1.54, 1.807) is 12.1 Å². The number of hydrogen-bond donors (Lipinski definition) is 2. The fourth-order valence-electron chi connectivity index (χ4n) is 1.35. The molecule has 20 heavy (non-hydrogen) atoms. The van der Waals surface area contributed by atoms with Gasteiger partial charge < -0.3 is 5.73 Å². The normalized spacial score (nSPS) is 11.3. The second kappa shape index (κ2) is 5.77. The predicted molar refractivity (Wildman–Crippen MR) is 83.6 cm³/mol. The average Bonchev–Trinajstić information content (AvgIpc) is 2.37. The van der Waals surface area contributed by atoms with Crippen molar-refractivity contribution in [1.82, 2.24) is 4.98 Å². The molecule has 0 atom stereocenters. The van der Waals surface area contributed by atoms with E-state index in [1.165, 1.54) is 12.1 Å². The smallest absolute Gasteiger partial charge is 0.263 e. The van der Waals surface area contributed by atoms with Crippen molar-refractivity contribution in [2.75, 3.05) is 10.5 Å². The van der Waals surface area contributed by atoms with Gasteiger partial charge in [0.15, 0.2) is 0 Å². The maximum atomic E-state index is 12.2. The molecule has 2 aromatic rings. The molecule has 9 heteroatoms. The first-order valence-electron chi connectivity index (χ1n) is 5.18. The van der Waals surface area contributed by atoms with E-state index >= 15 is 0 Å². The molecule has 0 radical (unpaired) electrons. The number of nitrogens with zero attached hydrogens (tertiary/aromatic N) is 1. The Morgan fingerprint density at radius 1 is 1.20 bits per heavy atom. The van der Waals surface area contributed by atoms with E-state index in [-0.39, 0.29) is 15.7 Å². The number of nitrogen functional groups attached to an aromatic ring is 1. The monoisotopic (exact) mass is 395 g/mol. The van der Waals surface area contributed by atoms with Crippen LogP contribution in [0, 0.1) is 0 Å². The topological polar surface area (TPSA) is 85.1 Å². The van der Waals surface area contributed by atoms with Crippen molar-refractivity contribution in [1.29, 1.82) is 0 Å². The Balaban J connectivity index is 2.35. The van der Waals surface area contributed by atoms with Crippen LogP contribution in [0.25, 0.3) is 0 Å². The zero-order valence-corrected chi connectivity index (χ0v) is 13.7. The molecule has 1 heterocycles. The average molecular weight is 397 g/mol. The van der Waals surface area contributed by atoms with Gasteiger partial charge in [0.05, 0.1) is 15.7 Å². The second-order valence-corrected chi connectivity index (χ2v) is 7.12. The van der Waals surface area contributed by atoms with E-state index in [0.717, 1.165) is 6.20 Å². The summed E-state index contributed by atoms with van der Waals surface area (Å²) in [5.74, 6) is 0.0669. The third kappa shape index (κ3) is 3.35. The lowest BCUT2D eigenvalue weighted by atomic mass is 10.3. The zero-order valence-electron chi connectivity index (χ0n) is 9.77. The lowest BCUT2D eigenvalue weighted by Gasteiger charge is -2.09. The van der Waals surface area contributed by atoms with Gasteiger partial charge in [-0.1, -0.05) is 23.2 Å². The summed E-state index contributed by atoms with van der Waals surface area (Å²) in [5, 5.41) is 0.459. The predicted octanol–water partition coefficient (Wildman–Crippen LogP) is 3.53. The molecule has 1 aromatic heterocycles. The number of aromatic nitrogens is 1. The standard InChI is InChI=1S/C11H8BrCl2N3O2S/c12-8-2-1-6(3-9(8)13)17-20(18,19)7-4-10(14)11(15)16-5-7/h1-5,17H,(H2,15,16). The van der Waals surface area contributed by atoms with E-state index in [4.69, 9.17) is 28.9 Å².